The van der Waals surface area contributed by atoms with Gasteiger partial charge in [-0.2, -0.15) is 0 Å². The van der Waals surface area contributed by atoms with Crippen LogP contribution in [0.25, 0.3) is 0 Å². The molecular weight excluding hydrogens is 182 g/mol. The van der Waals surface area contributed by atoms with E-state index >= 15 is 0 Å². The van der Waals surface area contributed by atoms with Crippen molar-refractivity contribution in [2.45, 2.75) is 39.5 Å². The Morgan fingerprint density at radius 3 is 2.46 bits per heavy atom. The van der Waals surface area contributed by atoms with Gasteiger partial charge in [0.25, 0.3) is 5.24 Å². The van der Waals surface area contributed by atoms with Crippen molar-refractivity contribution in [2.24, 2.45) is 11.3 Å². The third-order valence-electron chi connectivity index (χ3n) is 3.16. The number of hydrogen-bond donors (Lipinski definition) is 2. The second kappa shape index (κ2) is 4.36. The highest BCUT2D eigenvalue weighted by Crippen LogP contribution is 2.38. The standard InChI is InChI=1S/C10H19NOS/c1-10(2,7-11-9(12)13)8-5-3-4-6-8/h8H,3-7H2,1-2H3,(H2,11,12,13). The summed E-state index contributed by atoms with van der Waals surface area (Å²) in [5.74, 6) is 0.771. The van der Waals surface area contributed by atoms with E-state index in [0.717, 1.165) is 12.5 Å². The third kappa shape index (κ3) is 3.22. The first-order valence-electron chi connectivity index (χ1n) is 4.99. The van der Waals surface area contributed by atoms with Crippen LogP contribution in [0.4, 0.5) is 4.79 Å². The molecule has 0 atom stereocenters. The molecule has 76 valence electrons. The maximum absolute atomic E-state index is 10.7. The van der Waals surface area contributed by atoms with E-state index in [1.54, 1.807) is 0 Å². The summed E-state index contributed by atoms with van der Waals surface area (Å²) < 4.78 is 0. The van der Waals surface area contributed by atoms with Gasteiger partial charge in [-0.1, -0.05) is 39.3 Å². The van der Waals surface area contributed by atoms with Gasteiger partial charge < -0.3 is 5.32 Å². The van der Waals surface area contributed by atoms with Crippen LogP contribution in [0.3, 0.4) is 0 Å². The van der Waals surface area contributed by atoms with E-state index in [1.807, 2.05) is 0 Å². The maximum atomic E-state index is 10.7. The normalized spacial score (nSPS) is 19.0. The Morgan fingerprint density at radius 1 is 1.46 bits per heavy atom. The van der Waals surface area contributed by atoms with Gasteiger partial charge in [-0.3, -0.25) is 4.79 Å². The predicted octanol–water partition coefficient (Wildman–Crippen LogP) is 2.84. The fourth-order valence-corrected chi connectivity index (χ4v) is 2.23. The minimum absolute atomic E-state index is 0.217. The Balaban J connectivity index is 2.39. The summed E-state index contributed by atoms with van der Waals surface area (Å²) in [6.45, 7) is 5.21. The maximum Gasteiger partial charge on any atom is 0.275 e. The second-order valence-corrected chi connectivity index (χ2v) is 5.03. The van der Waals surface area contributed by atoms with Gasteiger partial charge in [-0.15, -0.1) is 0 Å². The molecule has 1 N–H and O–H groups in total. The van der Waals surface area contributed by atoms with Gasteiger partial charge in [-0.05, 0) is 24.2 Å². The highest BCUT2D eigenvalue weighted by atomic mass is 32.1. The molecule has 1 aliphatic carbocycles. The lowest BCUT2D eigenvalue weighted by Gasteiger charge is -2.31. The molecular formula is C10H19NOS. The minimum Gasteiger partial charge on any atom is -0.347 e. The van der Waals surface area contributed by atoms with Crippen LogP contribution in [0.5, 0.6) is 0 Å². The van der Waals surface area contributed by atoms with E-state index in [-0.39, 0.29) is 10.7 Å². The summed E-state index contributed by atoms with van der Waals surface area (Å²) in [5, 5.41) is 2.57. The first-order valence-corrected chi connectivity index (χ1v) is 5.44. The van der Waals surface area contributed by atoms with Crippen LogP contribution < -0.4 is 5.32 Å². The Labute approximate surface area is 85.9 Å². The van der Waals surface area contributed by atoms with Gasteiger partial charge in [0.05, 0.1) is 0 Å². The fraction of sp³-hybridized carbons (Fsp3) is 0.900. The van der Waals surface area contributed by atoms with Crippen LogP contribution in [-0.4, -0.2) is 11.8 Å². The fourth-order valence-electron chi connectivity index (χ4n) is 2.16. The zero-order chi connectivity index (χ0) is 9.90. The Morgan fingerprint density at radius 2 is 2.00 bits per heavy atom. The molecule has 1 rings (SSSR count). The first kappa shape index (κ1) is 10.9. The summed E-state index contributed by atoms with van der Waals surface area (Å²) in [6, 6.07) is 0. The molecule has 1 aliphatic rings. The average molecular weight is 201 g/mol. The molecule has 0 aromatic rings. The SMILES string of the molecule is CC(C)(CNC(=O)S)C1CCCC1. The molecule has 0 saturated heterocycles. The number of thiol groups is 1. The number of amides is 1. The van der Waals surface area contributed by atoms with E-state index in [4.69, 9.17) is 0 Å². The van der Waals surface area contributed by atoms with Crippen molar-refractivity contribution < 1.29 is 4.79 Å². The van der Waals surface area contributed by atoms with Crippen molar-refractivity contribution in [2.75, 3.05) is 6.54 Å². The van der Waals surface area contributed by atoms with Crippen LogP contribution in [0.15, 0.2) is 0 Å². The highest BCUT2D eigenvalue weighted by molar-refractivity contribution is 7.96. The number of carbonyl (C=O) groups excluding carboxylic acids is 1. The lowest BCUT2D eigenvalue weighted by atomic mass is 9.78. The first-order chi connectivity index (χ1) is 6.02. The van der Waals surface area contributed by atoms with E-state index in [9.17, 15) is 4.79 Å². The molecule has 0 aromatic carbocycles. The van der Waals surface area contributed by atoms with Crippen LogP contribution in [0.2, 0.25) is 0 Å². The molecule has 1 fully saturated rings. The molecule has 1 saturated carbocycles. The van der Waals surface area contributed by atoms with Gasteiger partial charge in [0.2, 0.25) is 0 Å². The quantitative estimate of drug-likeness (QED) is 0.675. The zero-order valence-corrected chi connectivity index (χ0v) is 9.36. The minimum atomic E-state index is -0.217. The summed E-state index contributed by atoms with van der Waals surface area (Å²) >= 11 is 3.70. The van der Waals surface area contributed by atoms with E-state index in [1.165, 1.54) is 25.7 Å². The van der Waals surface area contributed by atoms with Crippen LogP contribution in [-0.2, 0) is 0 Å². The van der Waals surface area contributed by atoms with Crippen molar-refractivity contribution in [1.29, 1.82) is 0 Å². The molecule has 0 unspecified atom stereocenters. The van der Waals surface area contributed by atoms with Crippen LogP contribution in [0.1, 0.15) is 39.5 Å². The topological polar surface area (TPSA) is 29.1 Å². The van der Waals surface area contributed by atoms with Gasteiger partial charge in [0.15, 0.2) is 0 Å². The molecule has 3 heteroatoms. The van der Waals surface area contributed by atoms with Crippen molar-refractivity contribution >= 4 is 17.9 Å². The Kier molecular flexibility index (Phi) is 3.65. The van der Waals surface area contributed by atoms with E-state index in [0.29, 0.717) is 0 Å². The summed E-state index contributed by atoms with van der Waals surface area (Å²) in [7, 11) is 0. The highest BCUT2D eigenvalue weighted by Gasteiger charge is 2.31. The molecule has 13 heavy (non-hydrogen) atoms. The molecule has 0 radical (unpaired) electrons. The summed E-state index contributed by atoms with van der Waals surface area (Å²) in [5.41, 5.74) is 0.231. The largest absolute Gasteiger partial charge is 0.347 e. The summed E-state index contributed by atoms with van der Waals surface area (Å²) in [4.78, 5) is 10.7. The zero-order valence-electron chi connectivity index (χ0n) is 8.47. The predicted molar refractivity (Wildman–Crippen MR) is 58.1 cm³/mol. The third-order valence-corrected chi connectivity index (χ3v) is 3.31. The van der Waals surface area contributed by atoms with Gasteiger partial charge in [0, 0.05) is 6.54 Å². The van der Waals surface area contributed by atoms with Gasteiger partial charge in [-0.25, -0.2) is 0 Å². The number of rotatable bonds is 3. The molecule has 0 bridgehead atoms. The average Bonchev–Trinajstić information content (AvgIpc) is 2.53. The lowest BCUT2D eigenvalue weighted by Crippen LogP contribution is -2.35. The van der Waals surface area contributed by atoms with Crippen LogP contribution in [0, 0.1) is 11.3 Å². The molecule has 0 spiro atoms. The van der Waals surface area contributed by atoms with Crippen molar-refractivity contribution in [1.82, 2.24) is 5.32 Å². The molecule has 0 aromatic heterocycles. The van der Waals surface area contributed by atoms with Crippen LogP contribution >= 0.6 is 12.6 Å². The molecule has 1 amide bonds. The molecule has 0 heterocycles. The van der Waals surface area contributed by atoms with E-state index in [2.05, 4.69) is 31.8 Å². The van der Waals surface area contributed by atoms with Gasteiger partial charge >= 0.3 is 0 Å². The van der Waals surface area contributed by atoms with Gasteiger partial charge in [0.1, 0.15) is 0 Å². The second-order valence-electron chi connectivity index (χ2n) is 4.63. The van der Waals surface area contributed by atoms with Crippen molar-refractivity contribution in [3.05, 3.63) is 0 Å². The number of nitrogens with one attached hydrogen (secondary N) is 1. The Hall–Kier alpha value is -0.180. The smallest absolute Gasteiger partial charge is 0.275 e. The van der Waals surface area contributed by atoms with Crippen molar-refractivity contribution in [3.8, 4) is 0 Å². The van der Waals surface area contributed by atoms with E-state index < -0.39 is 0 Å². The molecule has 2 nitrogen and oxygen atoms in total. The van der Waals surface area contributed by atoms with Crippen molar-refractivity contribution in [3.63, 3.8) is 0 Å². The number of carbonyl (C=O) groups is 1. The Bertz CT molecular complexity index is 185. The number of hydrogen-bond acceptors (Lipinski definition) is 1. The summed E-state index contributed by atoms with van der Waals surface area (Å²) in [6.07, 6.45) is 5.33. The lowest BCUT2D eigenvalue weighted by molar-refractivity contribution is 0.207. The molecule has 0 aliphatic heterocycles. The monoisotopic (exact) mass is 201 g/mol.